The molecule has 1 aliphatic carbocycles. The number of rotatable bonds is 9. The number of phenols is 1. The molecule has 1 radical (unpaired) electrons. The van der Waals surface area contributed by atoms with Crippen LogP contribution in [0.25, 0.3) is 0 Å². The van der Waals surface area contributed by atoms with Crippen LogP contribution in [0, 0.1) is 11.8 Å². The number of benzene rings is 3. The van der Waals surface area contributed by atoms with Crippen molar-refractivity contribution in [3.8, 4) is 34.5 Å². The van der Waals surface area contributed by atoms with Crippen LogP contribution in [-0.2, 0) is 37.1 Å². The standard InChI is InChI=1S/C40H45N2O12/c1-39(2)17-26(18-40(3,4)42(39)47)53-38(46)41-28(11-21-7-9-25(43)10-8-21)36(44)54-35-31(48-5)14-23(15-32(35)49-6)33-27-16-30-29(51-20-52-30)13-22(27)12-24-19-50-37(45)34(24)33/h7-10,13-16,24,26,28,33-34,43H,11-12,17-20H2,1-6H3,(H,41,46)/t24-,28-,33+,34-/m0/s1. The van der Waals surface area contributed by atoms with Gasteiger partial charge in [-0.1, -0.05) is 12.1 Å². The van der Waals surface area contributed by atoms with Gasteiger partial charge in [0.2, 0.25) is 12.5 Å². The van der Waals surface area contributed by atoms with Crippen LogP contribution in [-0.4, -0.2) is 79.0 Å². The van der Waals surface area contributed by atoms with Crippen molar-refractivity contribution in [1.82, 2.24) is 10.4 Å². The van der Waals surface area contributed by atoms with Crippen LogP contribution in [0.2, 0.25) is 0 Å². The maximum Gasteiger partial charge on any atom is 0.408 e. The SMILES string of the molecule is COc1cc([C@@H]2c3cc4c(cc3C[C@H]3COC(=O)[C@@H]32)OCO4)cc(OC)c1OC(=O)[C@H](Cc1ccc(O)cc1)NC(=O)OC1CC(C)(C)N([O])C(C)(C)C1. The van der Waals surface area contributed by atoms with Gasteiger partial charge in [0.1, 0.15) is 17.9 Å². The number of ether oxygens (including phenoxy) is 7. The highest BCUT2D eigenvalue weighted by atomic mass is 16.7. The minimum absolute atomic E-state index is 0.00688. The number of alkyl carbamates (subject to hydrolysis) is 1. The summed E-state index contributed by atoms with van der Waals surface area (Å²) in [5.41, 5.74) is 1.64. The van der Waals surface area contributed by atoms with Gasteiger partial charge in [0.25, 0.3) is 0 Å². The van der Waals surface area contributed by atoms with Crippen molar-refractivity contribution in [3.05, 3.63) is 70.8 Å². The first-order valence-electron chi connectivity index (χ1n) is 18.0. The van der Waals surface area contributed by atoms with Gasteiger partial charge in [-0.2, -0.15) is 0 Å². The topological polar surface area (TPSA) is 171 Å². The summed E-state index contributed by atoms with van der Waals surface area (Å²) in [6.45, 7) is 7.59. The lowest BCUT2D eigenvalue weighted by Crippen LogP contribution is -2.60. The molecule has 0 saturated carbocycles. The first kappa shape index (κ1) is 37.1. The molecular weight excluding hydrogens is 700 g/mol. The molecule has 3 aromatic carbocycles. The van der Waals surface area contributed by atoms with E-state index in [-0.39, 0.29) is 48.1 Å². The van der Waals surface area contributed by atoms with E-state index in [0.29, 0.717) is 48.5 Å². The molecule has 0 bridgehead atoms. The van der Waals surface area contributed by atoms with Gasteiger partial charge in [-0.25, -0.2) is 9.59 Å². The fourth-order valence-corrected chi connectivity index (χ4v) is 8.50. The number of hydrogen-bond donors (Lipinski definition) is 2. The number of nitrogens with one attached hydrogen (secondary N) is 1. The summed E-state index contributed by atoms with van der Waals surface area (Å²) in [6, 6.07) is 12.2. The summed E-state index contributed by atoms with van der Waals surface area (Å²) >= 11 is 0. The second-order valence-corrected chi connectivity index (χ2v) is 15.6. The first-order valence-corrected chi connectivity index (χ1v) is 18.0. The third kappa shape index (κ3) is 7.07. The molecule has 4 atom stereocenters. The highest BCUT2D eigenvalue weighted by Crippen LogP contribution is 2.52. The minimum atomic E-state index is -1.25. The number of aromatic hydroxyl groups is 1. The summed E-state index contributed by atoms with van der Waals surface area (Å²) in [5.74, 6) is -0.591. The molecule has 3 aliphatic heterocycles. The van der Waals surface area contributed by atoms with E-state index >= 15 is 0 Å². The highest BCUT2D eigenvalue weighted by Gasteiger charge is 2.49. The van der Waals surface area contributed by atoms with Crippen LogP contribution in [0.4, 0.5) is 4.79 Å². The second-order valence-electron chi connectivity index (χ2n) is 15.6. The molecule has 2 fully saturated rings. The fourth-order valence-electron chi connectivity index (χ4n) is 8.50. The molecule has 0 aromatic heterocycles. The molecule has 14 heteroatoms. The lowest BCUT2D eigenvalue weighted by molar-refractivity contribution is -0.298. The van der Waals surface area contributed by atoms with E-state index in [4.69, 9.17) is 33.2 Å². The van der Waals surface area contributed by atoms with E-state index in [1.165, 1.54) is 26.4 Å². The first-order chi connectivity index (χ1) is 25.7. The number of piperidine rings is 1. The number of nitrogens with zero attached hydrogens (tertiary/aromatic N) is 1. The molecule has 3 aromatic rings. The Bertz CT molecular complexity index is 1900. The molecule has 4 aliphatic rings. The van der Waals surface area contributed by atoms with Crippen molar-refractivity contribution < 1.29 is 57.9 Å². The molecule has 3 heterocycles. The Morgan fingerprint density at radius 1 is 0.944 bits per heavy atom. The number of phenolic OH excluding ortho intramolecular Hbond substituents is 1. The molecule has 7 rings (SSSR count). The average Bonchev–Trinajstić information content (AvgIpc) is 3.74. The van der Waals surface area contributed by atoms with Gasteiger partial charge >= 0.3 is 18.0 Å². The minimum Gasteiger partial charge on any atom is -0.508 e. The van der Waals surface area contributed by atoms with Crippen LogP contribution in [0.15, 0.2) is 48.5 Å². The number of hydrogen-bond acceptors (Lipinski definition) is 12. The molecule has 1 amide bonds. The van der Waals surface area contributed by atoms with Gasteiger partial charge in [0.15, 0.2) is 23.0 Å². The number of amides is 1. The normalized spacial score (nSPS) is 23.0. The van der Waals surface area contributed by atoms with E-state index in [1.807, 2.05) is 12.1 Å². The summed E-state index contributed by atoms with van der Waals surface area (Å²) < 4.78 is 40.2. The second kappa shape index (κ2) is 14.2. The van der Waals surface area contributed by atoms with Crippen molar-refractivity contribution in [2.24, 2.45) is 11.8 Å². The zero-order chi connectivity index (χ0) is 38.5. The Kier molecular flexibility index (Phi) is 9.77. The maximum atomic E-state index is 14.1. The lowest BCUT2D eigenvalue weighted by Gasteiger charge is -2.49. The van der Waals surface area contributed by atoms with Gasteiger partial charge in [-0.3, -0.25) is 4.79 Å². The summed E-state index contributed by atoms with van der Waals surface area (Å²) in [5, 5.41) is 26.4. The van der Waals surface area contributed by atoms with Gasteiger partial charge in [0, 0.05) is 42.2 Å². The van der Waals surface area contributed by atoms with E-state index in [2.05, 4.69) is 5.32 Å². The smallest absolute Gasteiger partial charge is 0.408 e. The number of cyclic esters (lactones) is 1. The van der Waals surface area contributed by atoms with Crippen molar-refractivity contribution in [3.63, 3.8) is 0 Å². The van der Waals surface area contributed by atoms with E-state index < -0.39 is 47.1 Å². The van der Waals surface area contributed by atoms with Crippen LogP contribution in [0.1, 0.15) is 68.7 Å². The summed E-state index contributed by atoms with van der Waals surface area (Å²) in [6.07, 6.45) is -0.207. The predicted octanol–water partition coefficient (Wildman–Crippen LogP) is 5.23. The third-order valence-electron chi connectivity index (χ3n) is 10.9. The predicted molar refractivity (Wildman–Crippen MR) is 190 cm³/mol. The van der Waals surface area contributed by atoms with Gasteiger partial charge in [-0.05, 0) is 92.8 Å². The zero-order valence-electron chi connectivity index (χ0n) is 31.1. The maximum absolute atomic E-state index is 14.1. The number of carbonyl (C=O) groups excluding carboxylic acids is 3. The Labute approximate surface area is 313 Å². The third-order valence-corrected chi connectivity index (χ3v) is 10.9. The van der Waals surface area contributed by atoms with E-state index in [9.17, 15) is 24.7 Å². The average molecular weight is 746 g/mol. The van der Waals surface area contributed by atoms with Crippen molar-refractivity contribution in [1.29, 1.82) is 0 Å². The monoisotopic (exact) mass is 745 g/mol. The molecule has 54 heavy (non-hydrogen) atoms. The zero-order valence-corrected chi connectivity index (χ0v) is 31.1. The van der Waals surface area contributed by atoms with Crippen LogP contribution >= 0.6 is 0 Å². The van der Waals surface area contributed by atoms with Crippen LogP contribution < -0.4 is 29.0 Å². The molecule has 14 nitrogen and oxygen atoms in total. The molecular formula is C40H45N2O12. The van der Waals surface area contributed by atoms with Crippen molar-refractivity contribution >= 4 is 18.0 Å². The number of fused-ring (bicyclic) bond motifs is 3. The summed E-state index contributed by atoms with van der Waals surface area (Å²) in [7, 11) is 2.85. The Morgan fingerprint density at radius 2 is 1.57 bits per heavy atom. The molecule has 0 spiro atoms. The van der Waals surface area contributed by atoms with Crippen LogP contribution in [0.3, 0.4) is 0 Å². The fraction of sp³-hybridized carbons (Fsp3) is 0.475. The van der Waals surface area contributed by atoms with Crippen molar-refractivity contribution in [2.45, 2.75) is 82.5 Å². The number of esters is 2. The number of hydroxylamine groups is 2. The quantitative estimate of drug-likeness (QED) is 0.216. The molecule has 287 valence electrons. The van der Waals surface area contributed by atoms with E-state index in [1.54, 1.807) is 52.0 Å². The van der Waals surface area contributed by atoms with E-state index in [0.717, 1.165) is 16.2 Å². The van der Waals surface area contributed by atoms with Gasteiger partial charge in [0.05, 0.1) is 26.7 Å². The Morgan fingerprint density at radius 3 is 2.20 bits per heavy atom. The Hall–Kier alpha value is -5.21. The molecule has 0 unspecified atom stereocenters. The van der Waals surface area contributed by atoms with Gasteiger partial charge < -0.3 is 43.6 Å². The molecule has 2 N–H and O–H groups in total. The largest absolute Gasteiger partial charge is 0.508 e. The number of methoxy groups -OCH3 is 2. The molecule has 2 saturated heterocycles. The highest BCUT2D eigenvalue weighted by molar-refractivity contribution is 5.84. The number of carbonyl (C=O) groups is 3. The van der Waals surface area contributed by atoms with Crippen LogP contribution in [0.5, 0.6) is 34.5 Å². The van der Waals surface area contributed by atoms with Gasteiger partial charge in [-0.15, -0.1) is 10.3 Å². The Balaban J connectivity index is 1.18. The van der Waals surface area contributed by atoms with Crippen molar-refractivity contribution in [2.75, 3.05) is 27.6 Å². The summed E-state index contributed by atoms with van der Waals surface area (Å²) in [4.78, 5) is 40.7. The lowest BCUT2D eigenvalue weighted by atomic mass is 9.67.